The normalized spacial score (nSPS) is 11.7. The maximum absolute atomic E-state index is 13.5. The number of alkyl halides is 3. The van der Waals surface area contributed by atoms with E-state index in [1.807, 2.05) is 6.92 Å². The van der Waals surface area contributed by atoms with Crippen molar-refractivity contribution in [2.75, 3.05) is 5.75 Å². The minimum absolute atomic E-state index is 0.172. The number of aromatic nitrogens is 1. The molecule has 0 aliphatic heterocycles. The van der Waals surface area contributed by atoms with Gasteiger partial charge in [0, 0.05) is 21.8 Å². The first-order valence-electron chi connectivity index (χ1n) is 9.50. The molecule has 0 fully saturated rings. The zero-order valence-electron chi connectivity index (χ0n) is 16.9. The molecular formula is C23H22F3NO2S. The van der Waals surface area contributed by atoms with Crippen LogP contribution < -0.4 is 0 Å². The Bertz CT molecular complexity index is 1090. The third-order valence-electron chi connectivity index (χ3n) is 4.82. The van der Waals surface area contributed by atoms with Gasteiger partial charge in [0.25, 0.3) is 0 Å². The SMILES string of the molecule is CCCSc1cc(-c2ccccc2-n2c(C)cc(C(=O)O)c2C)cc(C(F)(F)F)c1. The highest BCUT2D eigenvalue weighted by Crippen LogP contribution is 2.38. The zero-order valence-corrected chi connectivity index (χ0v) is 17.7. The Kier molecular flexibility index (Phi) is 6.31. The monoisotopic (exact) mass is 433 g/mol. The van der Waals surface area contributed by atoms with Crippen molar-refractivity contribution < 1.29 is 23.1 Å². The van der Waals surface area contributed by atoms with Crippen molar-refractivity contribution in [3.8, 4) is 16.8 Å². The average Bonchev–Trinajstić information content (AvgIpc) is 2.99. The molecule has 1 aromatic heterocycles. The number of nitrogens with zero attached hydrogens (tertiary/aromatic N) is 1. The van der Waals surface area contributed by atoms with Gasteiger partial charge in [0.15, 0.2) is 0 Å². The summed E-state index contributed by atoms with van der Waals surface area (Å²) in [6, 6.07) is 12.8. The van der Waals surface area contributed by atoms with Crippen LogP contribution in [0.4, 0.5) is 13.2 Å². The lowest BCUT2D eigenvalue weighted by atomic mass is 10.0. The summed E-state index contributed by atoms with van der Waals surface area (Å²) in [7, 11) is 0. The molecule has 3 aromatic rings. The van der Waals surface area contributed by atoms with Gasteiger partial charge in [-0.1, -0.05) is 25.1 Å². The van der Waals surface area contributed by atoms with Crippen molar-refractivity contribution in [3.05, 3.63) is 71.0 Å². The first-order valence-corrected chi connectivity index (χ1v) is 10.5. The summed E-state index contributed by atoms with van der Waals surface area (Å²) in [6.07, 6.45) is -3.60. The van der Waals surface area contributed by atoms with Crippen molar-refractivity contribution in [2.24, 2.45) is 0 Å². The number of hydrogen-bond donors (Lipinski definition) is 1. The van der Waals surface area contributed by atoms with Gasteiger partial charge in [-0.2, -0.15) is 13.2 Å². The molecule has 0 bridgehead atoms. The lowest BCUT2D eigenvalue weighted by Crippen LogP contribution is -2.07. The van der Waals surface area contributed by atoms with E-state index in [4.69, 9.17) is 0 Å². The van der Waals surface area contributed by atoms with Crippen molar-refractivity contribution >= 4 is 17.7 Å². The molecule has 3 nitrogen and oxygen atoms in total. The fraction of sp³-hybridized carbons (Fsp3) is 0.261. The fourth-order valence-electron chi connectivity index (χ4n) is 3.48. The number of thioether (sulfide) groups is 1. The van der Waals surface area contributed by atoms with Gasteiger partial charge in [0.2, 0.25) is 0 Å². The lowest BCUT2D eigenvalue weighted by molar-refractivity contribution is -0.137. The van der Waals surface area contributed by atoms with Crippen LogP contribution in [0.2, 0.25) is 0 Å². The lowest BCUT2D eigenvalue weighted by Gasteiger charge is -2.17. The van der Waals surface area contributed by atoms with E-state index in [0.29, 0.717) is 33.1 Å². The first-order chi connectivity index (χ1) is 14.1. The Labute approximate surface area is 177 Å². The van der Waals surface area contributed by atoms with Crippen LogP contribution in [0.3, 0.4) is 0 Å². The van der Waals surface area contributed by atoms with Crippen LogP contribution in [0.5, 0.6) is 0 Å². The Morgan fingerprint density at radius 3 is 2.40 bits per heavy atom. The molecule has 2 aromatic carbocycles. The molecule has 30 heavy (non-hydrogen) atoms. The van der Waals surface area contributed by atoms with Crippen molar-refractivity contribution in [1.29, 1.82) is 0 Å². The van der Waals surface area contributed by atoms with Gasteiger partial charge in [-0.15, -0.1) is 11.8 Å². The van der Waals surface area contributed by atoms with Gasteiger partial charge in [-0.25, -0.2) is 4.79 Å². The molecule has 0 aliphatic carbocycles. The molecule has 0 saturated carbocycles. The van der Waals surface area contributed by atoms with E-state index in [1.54, 1.807) is 54.8 Å². The van der Waals surface area contributed by atoms with E-state index >= 15 is 0 Å². The summed E-state index contributed by atoms with van der Waals surface area (Å²) in [5.74, 6) is -0.315. The maximum Gasteiger partial charge on any atom is 0.416 e. The summed E-state index contributed by atoms with van der Waals surface area (Å²) < 4.78 is 42.4. The number of carbonyl (C=O) groups is 1. The molecule has 1 heterocycles. The van der Waals surface area contributed by atoms with E-state index < -0.39 is 17.7 Å². The third kappa shape index (κ3) is 4.41. The van der Waals surface area contributed by atoms with E-state index in [1.165, 1.54) is 17.8 Å². The van der Waals surface area contributed by atoms with Crippen LogP contribution in [0.15, 0.2) is 53.4 Å². The standard InChI is InChI=1S/C23H22F3NO2S/c1-4-9-30-18-12-16(11-17(13-18)23(24,25)26)19-7-5-6-8-21(19)27-14(2)10-20(15(27)3)22(28)29/h5-8,10-13H,4,9H2,1-3H3,(H,28,29). The predicted molar refractivity (Wildman–Crippen MR) is 114 cm³/mol. The van der Waals surface area contributed by atoms with Crippen LogP contribution in [0.25, 0.3) is 16.8 Å². The second-order valence-electron chi connectivity index (χ2n) is 7.03. The number of aryl methyl sites for hydroxylation is 1. The van der Waals surface area contributed by atoms with E-state index in [9.17, 15) is 23.1 Å². The fourth-order valence-corrected chi connectivity index (χ4v) is 4.34. The highest BCUT2D eigenvalue weighted by Gasteiger charge is 2.31. The molecule has 0 aliphatic rings. The molecule has 7 heteroatoms. The summed E-state index contributed by atoms with van der Waals surface area (Å²) in [5.41, 5.74) is 2.41. The van der Waals surface area contributed by atoms with Crippen molar-refractivity contribution in [1.82, 2.24) is 4.57 Å². The topological polar surface area (TPSA) is 42.2 Å². The smallest absolute Gasteiger partial charge is 0.416 e. The van der Waals surface area contributed by atoms with Gasteiger partial charge in [0.05, 0.1) is 16.8 Å². The number of halogens is 3. The Morgan fingerprint density at radius 2 is 1.80 bits per heavy atom. The number of carboxylic acids is 1. The number of para-hydroxylation sites is 1. The molecule has 158 valence electrons. The minimum atomic E-state index is -4.46. The Morgan fingerprint density at radius 1 is 1.10 bits per heavy atom. The zero-order chi connectivity index (χ0) is 22.1. The van der Waals surface area contributed by atoms with E-state index in [0.717, 1.165) is 18.2 Å². The molecule has 0 saturated heterocycles. The summed E-state index contributed by atoms with van der Waals surface area (Å²) in [5, 5.41) is 9.44. The van der Waals surface area contributed by atoms with Crippen LogP contribution in [0, 0.1) is 13.8 Å². The Balaban J connectivity index is 2.23. The number of hydrogen-bond acceptors (Lipinski definition) is 2. The molecule has 3 rings (SSSR count). The van der Waals surface area contributed by atoms with Crippen molar-refractivity contribution in [2.45, 2.75) is 38.3 Å². The predicted octanol–water partition coefficient (Wildman–Crippen LogP) is 6.98. The van der Waals surface area contributed by atoms with Gasteiger partial charge < -0.3 is 9.67 Å². The highest BCUT2D eigenvalue weighted by atomic mass is 32.2. The van der Waals surface area contributed by atoms with Gasteiger partial charge in [-0.3, -0.25) is 0 Å². The molecule has 0 amide bonds. The second kappa shape index (κ2) is 8.60. The van der Waals surface area contributed by atoms with Gasteiger partial charge in [-0.05, 0) is 61.9 Å². The highest BCUT2D eigenvalue weighted by molar-refractivity contribution is 7.99. The molecule has 1 N–H and O–H groups in total. The summed E-state index contributed by atoms with van der Waals surface area (Å²) in [4.78, 5) is 12.1. The number of aromatic carboxylic acids is 1. The molecule has 0 atom stereocenters. The summed E-state index contributed by atoms with van der Waals surface area (Å²) in [6.45, 7) is 5.46. The molecule has 0 radical (unpaired) electrons. The molecule has 0 unspecified atom stereocenters. The van der Waals surface area contributed by atoms with Gasteiger partial charge >= 0.3 is 12.1 Å². The first kappa shape index (κ1) is 22.0. The third-order valence-corrected chi connectivity index (χ3v) is 6.01. The van der Waals surface area contributed by atoms with E-state index in [2.05, 4.69) is 0 Å². The van der Waals surface area contributed by atoms with Crippen LogP contribution in [0.1, 0.15) is 40.7 Å². The quantitative estimate of drug-likeness (QED) is 0.427. The van der Waals surface area contributed by atoms with Crippen LogP contribution in [-0.2, 0) is 6.18 Å². The largest absolute Gasteiger partial charge is 0.478 e. The molecular weight excluding hydrogens is 411 g/mol. The number of benzene rings is 2. The van der Waals surface area contributed by atoms with Crippen LogP contribution in [-0.4, -0.2) is 21.4 Å². The minimum Gasteiger partial charge on any atom is -0.478 e. The van der Waals surface area contributed by atoms with Gasteiger partial charge in [0.1, 0.15) is 0 Å². The van der Waals surface area contributed by atoms with E-state index in [-0.39, 0.29) is 5.56 Å². The summed E-state index contributed by atoms with van der Waals surface area (Å²) >= 11 is 1.39. The average molecular weight is 433 g/mol. The van der Waals surface area contributed by atoms with Crippen molar-refractivity contribution in [3.63, 3.8) is 0 Å². The number of carboxylic acid groups (broad SMARTS) is 1. The maximum atomic E-state index is 13.5. The second-order valence-corrected chi connectivity index (χ2v) is 8.20. The Hall–Kier alpha value is -2.67. The number of rotatable bonds is 6. The molecule has 0 spiro atoms. The van der Waals surface area contributed by atoms with Crippen LogP contribution >= 0.6 is 11.8 Å².